The molecular formula is C20H18ClN3OS. The summed E-state index contributed by atoms with van der Waals surface area (Å²) in [7, 11) is 0. The van der Waals surface area contributed by atoms with Gasteiger partial charge < -0.3 is 5.32 Å². The highest BCUT2D eigenvalue weighted by atomic mass is 35.5. The van der Waals surface area contributed by atoms with Gasteiger partial charge in [-0.3, -0.25) is 4.79 Å². The Kier molecular flexibility index (Phi) is 4.51. The van der Waals surface area contributed by atoms with Gasteiger partial charge in [-0.15, -0.1) is 11.8 Å². The predicted molar refractivity (Wildman–Crippen MR) is 107 cm³/mol. The molecule has 1 N–H and O–H groups in total. The second-order valence-corrected chi connectivity index (χ2v) is 7.79. The number of nitrogens with one attached hydrogen (secondary N) is 1. The first-order valence-electron chi connectivity index (χ1n) is 8.37. The van der Waals surface area contributed by atoms with E-state index in [1.807, 2.05) is 54.9 Å². The van der Waals surface area contributed by atoms with E-state index in [0.29, 0.717) is 10.8 Å². The molecule has 3 aromatic rings. The van der Waals surface area contributed by atoms with Crippen molar-refractivity contribution in [2.45, 2.75) is 19.1 Å². The molecule has 0 fully saturated rings. The van der Waals surface area contributed by atoms with Crippen molar-refractivity contribution >= 4 is 35.1 Å². The summed E-state index contributed by atoms with van der Waals surface area (Å²) in [6, 6.07) is 16.0. The van der Waals surface area contributed by atoms with Crippen LogP contribution < -0.4 is 5.32 Å². The van der Waals surface area contributed by atoms with Crippen molar-refractivity contribution in [3.05, 3.63) is 75.9 Å². The molecule has 0 spiro atoms. The van der Waals surface area contributed by atoms with Gasteiger partial charge in [-0.1, -0.05) is 48.0 Å². The Morgan fingerprint density at radius 2 is 1.92 bits per heavy atom. The molecular weight excluding hydrogens is 366 g/mol. The second kappa shape index (κ2) is 6.82. The zero-order valence-corrected chi connectivity index (χ0v) is 16.1. The summed E-state index contributed by atoms with van der Waals surface area (Å²) < 4.78 is 1.81. The van der Waals surface area contributed by atoms with Gasteiger partial charge in [0.15, 0.2) is 0 Å². The van der Waals surface area contributed by atoms with Gasteiger partial charge in [0.2, 0.25) is 5.91 Å². The molecule has 1 amide bonds. The highest BCUT2D eigenvalue weighted by Crippen LogP contribution is 2.44. The highest BCUT2D eigenvalue weighted by Gasteiger charge is 2.30. The number of fused-ring (bicyclic) bond motifs is 1. The van der Waals surface area contributed by atoms with E-state index in [9.17, 15) is 4.79 Å². The number of aromatic nitrogens is 2. The molecule has 132 valence electrons. The predicted octanol–water partition coefficient (Wildman–Crippen LogP) is 4.92. The number of hydrogen-bond donors (Lipinski definition) is 1. The van der Waals surface area contributed by atoms with Crippen molar-refractivity contribution in [1.29, 1.82) is 0 Å². The van der Waals surface area contributed by atoms with Gasteiger partial charge >= 0.3 is 0 Å². The largest absolute Gasteiger partial charge is 0.310 e. The van der Waals surface area contributed by atoms with Crippen LogP contribution in [0.3, 0.4) is 0 Å². The first kappa shape index (κ1) is 17.2. The lowest BCUT2D eigenvalue weighted by Gasteiger charge is -2.15. The molecule has 0 radical (unpaired) electrons. The summed E-state index contributed by atoms with van der Waals surface area (Å²) in [5.74, 6) is 1.12. The number of rotatable bonds is 2. The number of aryl methyl sites for hydroxylation is 1. The normalized spacial score (nSPS) is 16.7. The summed E-state index contributed by atoms with van der Waals surface area (Å²) in [4.78, 5) is 12.4. The maximum absolute atomic E-state index is 12.4. The topological polar surface area (TPSA) is 46.9 Å². The van der Waals surface area contributed by atoms with E-state index in [2.05, 4.69) is 17.4 Å². The van der Waals surface area contributed by atoms with Crippen LogP contribution in [0.15, 0.2) is 48.5 Å². The van der Waals surface area contributed by atoms with Crippen LogP contribution in [0.1, 0.15) is 27.6 Å². The summed E-state index contributed by atoms with van der Waals surface area (Å²) in [6.07, 6.45) is 0. The summed E-state index contributed by atoms with van der Waals surface area (Å²) in [5, 5.41) is 8.53. The van der Waals surface area contributed by atoms with Gasteiger partial charge in [-0.25, -0.2) is 4.68 Å². The van der Waals surface area contributed by atoms with Crippen molar-refractivity contribution in [2.75, 3.05) is 11.1 Å². The van der Waals surface area contributed by atoms with Gasteiger partial charge in [-0.2, -0.15) is 5.10 Å². The third-order valence-electron chi connectivity index (χ3n) is 4.58. The molecule has 1 aliphatic rings. The SMILES string of the molecule is Cc1nn(-c2cccc(Cl)c2C)c2c1[C@@H](c1ccccc1)SCC(=O)N2. The Morgan fingerprint density at radius 3 is 2.69 bits per heavy atom. The average molecular weight is 384 g/mol. The van der Waals surface area contributed by atoms with Gasteiger partial charge in [0.25, 0.3) is 0 Å². The van der Waals surface area contributed by atoms with E-state index in [-0.39, 0.29) is 11.2 Å². The van der Waals surface area contributed by atoms with E-state index in [0.717, 1.165) is 28.3 Å². The molecule has 1 aromatic heterocycles. The van der Waals surface area contributed by atoms with Crippen LogP contribution in [0.5, 0.6) is 0 Å². The zero-order valence-electron chi connectivity index (χ0n) is 14.5. The van der Waals surface area contributed by atoms with Crippen molar-refractivity contribution in [2.24, 2.45) is 0 Å². The van der Waals surface area contributed by atoms with Gasteiger partial charge in [0.05, 0.1) is 22.4 Å². The molecule has 1 atom stereocenters. The Bertz CT molecular complexity index is 984. The number of anilines is 1. The molecule has 1 aliphatic heterocycles. The van der Waals surface area contributed by atoms with E-state index < -0.39 is 0 Å². The minimum Gasteiger partial charge on any atom is -0.310 e. The minimum absolute atomic E-state index is 0.0180. The minimum atomic E-state index is -0.0180. The summed E-state index contributed by atoms with van der Waals surface area (Å²) in [6.45, 7) is 3.95. The van der Waals surface area contributed by atoms with Crippen LogP contribution in [0, 0.1) is 13.8 Å². The van der Waals surface area contributed by atoms with Crippen molar-refractivity contribution in [1.82, 2.24) is 9.78 Å². The number of halogens is 1. The average Bonchev–Trinajstić information content (AvgIpc) is 2.84. The molecule has 0 unspecified atom stereocenters. The number of benzene rings is 2. The first-order valence-corrected chi connectivity index (χ1v) is 9.80. The maximum Gasteiger partial charge on any atom is 0.235 e. The van der Waals surface area contributed by atoms with Crippen LogP contribution in [0.25, 0.3) is 5.69 Å². The van der Waals surface area contributed by atoms with Crippen LogP contribution in [-0.2, 0) is 4.79 Å². The molecule has 0 bridgehead atoms. The van der Waals surface area contributed by atoms with Crippen molar-refractivity contribution < 1.29 is 4.79 Å². The lowest BCUT2D eigenvalue weighted by atomic mass is 10.0. The Balaban J connectivity index is 1.93. The van der Waals surface area contributed by atoms with Crippen LogP contribution >= 0.6 is 23.4 Å². The van der Waals surface area contributed by atoms with Crippen LogP contribution in [0.4, 0.5) is 5.82 Å². The number of amides is 1. The summed E-state index contributed by atoms with van der Waals surface area (Å²) >= 11 is 7.93. The number of thioether (sulfide) groups is 1. The van der Waals surface area contributed by atoms with Crippen molar-refractivity contribution in [3.63, 3.8) is 0 Å². The molecule has 26 heavy (non-hydrogen) atoms. The number of carbonyl (C=O) groups is 1. The lowest BCUT2D eigenvalue weighted by Crippen LogP contribution is -2.16. The van der Waals surface area contributed by atoms with Gasteiger partial charge in [0.1, 0.15) is 5.82 Å². The number of nitrogens with zero attached hydrogens (tertiary/aromatic N) is 2. The highest BCUT2D eigenvalue weighted by molar-refractivity contribution is 8.00. The number of carbonyl (C=O) groups excluding carboxylic acids is 1. The Labute approximate surface area is 161 Å². The molecule has 0 saturated carbocycles. The quantitative estimate of drug-likeness (QED) is 0.683. The third-order valence-corrected chi connectivity index (χ3v) is 6.26. The fraction of sp³-hybridized carbons (Fsp3) is 0.200. The first-order chi connectivity index (χ1) is 12.6. The lowest BCUT2D eigenvalue weighted by molar-refractivity contribution is -0.113. The molecule has 0 aliphatic carbocycles. The molecule has 2 aromatic carbocycles. The van der Waals surface area contributed by atoms with Gasteiger partial charge in [-0.05, 0) is 37.1 Å². The molecule has 4 nitrogen and oxygen atoms in total. The smallest absolute Gasteiger partial charge is 0.235 e. The molecule has 0 saturated heterocycles. The Morgan fingerprint density at radius 1 is 1.15 bits per heavy atom. The van der Waals surface area contributed by atoms with Crippen LogP contribution in [0.2, 0.25) is 5.02 Å². The fourth-order valence-electron chi connectivity index (χ4n) is 3.27. The van der Waals surface area contributed by atoms with Gasteiger partial charge in [0, 0.05) is 10.6 Å². The standard InChI is InChI=1S/C20H18ClN3OS/c1-12-15(21)9-6-10-16(12)24-20-18(13(2)23-24)19(26-11-17(25)22-20)14-7-4-3-5-8-14/h3-10,19H,11H2,1-2H3,(H,22,25)/t19-/m1/s1. The zero-order chi connectivity index (χ0) is 18.3. The van der Waals surface area contributed by atoms with E-state index in [1.165, 1.54) is 5.56 Å². The van der Waals surface area contributed by atoms with E-state index in [4.69, 9.17) is 16.7 Å². The van der Waals surface area contributed by atoms with Crippen molar-refractivity contribution in [3.8, 4) is 5.69 Å². The van der Waals surface area contributed by atoms with E-state index in [1.54, 1.807) is 11.8 Å². The molecule has 2 heterocycles. The van der Waals surface area contributed by atoms with E-state index >= 15 is 0 Å². The summed E-state index contributed by atoms with van der Waals surface area (Å²) in [5.41, 5.74) is 4.93. The second-order valence-electron chi connectivity index (χ2n) is 6.29. The third kappa shape index (κ3) is 2.91. The molecule has 4 rings (SSSR count). The van der Waals surface area contributed by atoms with Crippen LogP contribution in [-0.4, -0.2) is 21.4 Å². The maximum atomic E-state index is 12.4. The molecule has 6 heteroatoms. The monoisotopic (exact) mass is 383 g/mol. The number of hydrogen-bond acceptors (Lipinski definition) is 3. The Hall–Kier alpha value is -2.24. The fourth-order valence-corrected chi connectivity index (χ4v) is 4.63.